The molecule has 39 heavy (non-hydrogen) atoms. The summed E-state index contributed by atoms with van der Waals surface area (Å²) in [4.78, 5) is 33.3. The molecule has 3 aromatic rings. The topological polar surface area (TPSA) is 103 Å². The fraction of sp³-hybridized carbons (Fsp3) is 0.286. The Bertz CT molecular complexity index is 1640. The molecule has 0 atom stereocenters. The van der Waals surface area contributed by atoms with Gasteiger partial charge in [-0.1, -0.05) is 6.07 Å². The van der Waals surface area contributed by atoms with Crippen molar-refractivity contribution >= 4 is 39.0 Å². The highest BCUT2D eigenvalue weighted by molar-refractivity contribution is 7.90. The Morgan fingerprint density at radius 2 is 1.74 bits per heavy atom. The Morgan fingerprint density at radius 3 is 2.44 bits per heavy atom. The lowest BCUT2D eigenvalue weighted by Gasteiger charge is -2.32. The number of likely N-dealkylation sites (N-methyl/N-ethyl adjacent to an activating group) is 1. The summed E-state index contributed by atoms with van der Waals surface area (Å²) in [7, 11) is -1.92. The second-order valence-electron chi connectivity index (χ2n) is 9.99. The summed E-state index contributed by atoms with van der Waals surface area (Å²) in [6.45, 7) is 6.48. The summed E-state index contributed by atoms with van der Waals surface area (Å²) in [5.74, 6) is -3.19. The fourth-order valence-electron chi connectivity index (χ4n) is 4.99. The van der Waals surface area contributed by atoms with Crippen molar-refractivity contribution in [2.24, 2.45) is 0 Å². The second kappa shape index (κ2) is 10.0. The van der Waals surface area contributed by atoms with Gasteiger partial charge in [-0.05, 0) is 68.4 Å². The van der Waals surface area contributed by atoms with Gasteiger partial charge in [0, 0.05) is 48.8 Å². The summed E-state index contributed by atoms with van der Waals surface area (Å²) >= 11 is 0. The number of rotatable bonds is 5. The minimum atomic E-state index is -3.93. The number of carbonyl (C=O) groups is 2. The van der Waals surface area contributed by atoms with Gasteiger partial charge in [-0.15, -0.1) is 0 Å². The number of aryl methyl sites for hydroxylation is 1. The Hall–Kier alpha value is -3.83. The normalized spacial score (nSPS) is 17.0. The molecule has 3 heterocycles. The maximum atomic E-state index is 13.6. The molecule has 0 spiro atoms. The molecule has 0 bridgehead atoms. The van der Waals surface area contributed by atoms with Crippen LogP contribution in [0, 0.1) is 25.5 Å². The van der Waals surface area contributed by atoms with E-state index in [1.807, 2.05) is 25.8 Å². The van der Waals surface area contributed by atoms with Crippen LogP contribution < -0.4 is 5.32 Å². The number of hydrogen-bond acceptors (Lipinski definition) is 5. The quantitative estimate of drug-likeness (QED) is 0.468. The molecule has 8 nitrogen and oxygen atoms in total. The summed E-state index contributed by atoms with van der Waals surface area (Å²) in [5, 5.41) is 2.74. The number of halogens is 2. The zero-order valence-corrected chi connectivity index (χ0v) is 22.6. The monoisotopic (exact) mass is 554 g/mol. The van der Waals surface area contributed by atoms with Crippen LogP contribution in [0.5, 0.6) is 0 Å². The van der Waals surface area contributed by atoms with E-state index in [1.165, 1.54) is 24.3 Å². The molecule has 2 amide bonds. The van der Waals surface area contributed by atoms with Gasteiger partial charge in [0.1, 0.15) is 0 Å². The Kier molecular flexibility index (Phi) is 6.90. The van der Waals surface area contributed by atoms with Crippen LogP contribution >= 0.6 is 0 Å². The molecule has 0 radical (unpaired) electrons. The van der Waals surface area contributed by atoms with Gasteiger partial charge in [0.15, 0.2) is 21.5 Å². The first-order chi connectivity index (χ1) is 18.4. The smallest absolute Gasteiger partial charge is 0.256 e. The Morgan fingerprint density at radius 1 is 1.03 bits per heavy atom. The second-order valence-corrected chi connectivity index (χ2v) is 12.0. The van der Waals surface area contributed by atoms with Gasteiger partial charge in [0.25, 0.3) is 11.8 Å². The third-order valence-electron chi connectivity index (χ3n) is 7.24. The van der Waals surface area contributed by atoms with E-state index >= 15 is 0 Å². The molecule has 2 N–H and O–H groups in total. The molecule has 0 unspecified atom stereocenters. The SMILES string of the molecule is Cc1[nH]c(/C=C2\C(=O)Nc3ccc(S(=O)(=O)Cc4ccc(F)c(F)c4)cc32)c(C)c1C(=O)N1CCN(C)CC1. The lowest BCUT2D eigenvalue weighted by Crippen LogP contribution is -2.47. The zero-order valence-electron chi connectivity index (χ0n) is 21.8. The molecule has 2 aliphatic heterocycles. The standard InChI is InChI=1S/C28H28F2N4O4S/c1-16-25(31-17(2)26(16)28(36)34-10-8-33(3)9-11-34)14-21-20-13-19(5-7-24(20)32-27(21)35)39(37,38)15-18-4-6-22(29)23(30)12-18/h4-7,12-14,31H,8-11,15H2,1-3H3,(H,32,35)/b21-14-. The molecule has 1 aromatic heterocycles. The fourth-order valence-corrected chi connectivity index (χ4v) is 6.35. The molecule has 5 rings (SSSR count). The predicted molar refractivity (Wildman–Crippen MR) is 144 cm³/mol. The summed E-state index contributed by atoms with van der Waals surface area (Å²) in [6.07, 6.45) is 1.62. The molecule has 11 heteroatoms. The van der Waals surface area contributed by atoms with Crippen LogP contribution in [0.3, 0.4) is 0 Å². The van der Waals surface area contributed by atoms with Gasteiger partial charge in [0.2, 0.25) is 0 Å². The van der Waals surface area contributed by atoms with Crippen molar-refractivity contribution in [1.29, 1.82) is 0 Å². The van der Waals surface area contributed by atoms with Crippen LogP contribution in [0.25, 0.3) is 11.6 Å². The number of aromatic nitrogens is 1. The molecule has 1 saturated heterocycles. The van der Waals surface area contributed by atoms with Gasteiger partial charge in [-0.25, -0.2) is 17.2 Å². The van der Waals surface area contributed by atoms with E-state index < -0.39 is 33.1 Å². The van der Waals surface area contributed by atoms with E-state index in [0.717, 1.165) is 25.2 Å². The molecular weight excluding hydrogens is 526 g/mol. The first-order valence-electron chi connectivity index (χ1n) is 12.5. The lowest BCUT2D eigenvalue weighted by molar-refractivity contribution is -0.110. The average molecular weight is 555 g/mol. The third kappa shape index (κ3) is 5.11. The number of fused-ring (bicyclic) bond motifs is 1. The zero-order chi connectivity index (χ0) is 28.1. The van der Waals surface area contributed by atoms with Crippen molar-refractivity contribution in [3.05, 3.63) is 81.7 Å². The molecule has 2 aromatic carbocycles. The number of benzene rings is 2. The molecule has 1 fully saturated rings. The van der Waals surface area contributed by atoms with Crippen LogP contribution in [0.4, 0.5) is 14.5 Å². The lowest BCUT2D eigenvalue weighted by atomic mass is 10.0. The molecule has 0 aliphatic carbocycles. The van der Waals surface area contributed by atoms with Crippen LogP contribution in [0.1, 0.15) is 38.4 Å². The number of aromatic amines is 1. The van der Waals surface area contributed by atoms with Crippen molar-refractivity contribution in [1.82, 2.24) is 14.8 Å². The van der Waals surface area contributed by atoms with Gasteiger partial charge in [-0.2, -0.15) is 0 Å². The highest BCUT2D eigenvalue weighted by atomic mass is 32.2. The van der Waals surface area contributed by atoms with E-state index in [0.29, 0.717) is 46.9 Å². The number of H-pyrrole nitrogens is 1. The van der Waals surface area contributed by atoms with E-state index in [-0.39, 0.29) is 21.9 Å². The minimum absolute atomic E-state index is 0.0568. The predicted octanol–water partition coefficient (Wildman–Crippen LogP) is 3.76. The third-order valence-corrected chi connectivity index (χ3v) is 8.93. The minimum Gasteiger partial charge on any atom is -0.358 e. The maximum absolute atomic E-state index is 13.6. The largest absolute Gasteiger partial charge is 0.358 e. The maximum Gasteiger partial charge on any atom is 0.256 e. The number of carbonyl (C=O) groups excluding carboxylic acids is 2. The van der Waals surface area contributed by atoms with Crippen molar-refractivity contribution < 1.29 is 26.8 Å². The van der Waals surface area contributed by atoms with Gasteiger partial charge >= 0.3 is 0 Å². The van der Waals surface area contributed by atoms with Crippen LogP contribution in [-0.2, 0) is 20.4 Å². The molecule has 204 valence electrons. The summed E-state index contributed by atoms with van der Waals surface area (Å²) in [5.41, 5.74) is 3.73. The highest BCUT2D eigenvalue weighted by Crippen LogP contribution is 2.36. The van der Waals surface area contributed by atoms with Crippen molar-refractivity contribution in [3.63, 3.8) is 0 Å². The van der Waals surface area contributed by atoms with Crippen LogP contribution in [0.15, 0.2) is 41.3 Å². The van der Waals surface area contributed by atoms with E-state index in [9.17, 15) is 26.8 Å². The molecule has 2 aliphatic rings. The first-order valence-corrected chi connectivity index (χ1v) is 14.1. The number of amides is 2. The summed E-state index contributed by atoms with van der Waals surface area (Å²) < 4.78 is 53.1. The number of nitrogens with one attached hydrogen (secondary N) is 2. The van der Waals surface area contributed by atoms with E-state index in [1.54, 1.807) is 6.08 Å². The van der Waals surface area contributed by atoms with Crippen molar-refractivity contribution in [2.45, 2.75) is 24.5 Å². The number of piperazine rings is 1. The van der Waals surface area contributed by atoms with Crippen LogP contribution in [-0.4, -0.2) is 68.2 Å². The number of hydrogen-bond donors (Lipinski definition) is 2. The number of anilines is 1. The number of nitrogens with zero attached hydrogens (tertiary/aromatic N) is 2. The van der Waals surface area contributed by atoms with Crippen molar-refractivity contribution in [2.75, 3.05) is 38.5 Å². The first kappa shape index (κ1) is 26.8. The van der Waals surface area contributed by atoms with Crippen LogP contribution in [0.2, 0.25) is 0 Å². The van der Waals surface area contributed by atoms with Gasteiger partial charge in [0.05, 0.1) is 21.8 Å². The molecule has 0 saturated carbocycles. The highest BCUT2D eigenvalue weighted by Gasteiger charge is 2.29. The van der Waals surface area contributed by atoms with Gasteiger partial charge in [-0.3, -0.25) is 9.59 Å². The van der Waals surface area contributed by atoms with E-state index in [2.05, 4.69) is 15.2 Å². The van der Waals surface area contributed by atoms with E-state index in [4.69, 9.17) is 0 Å². The Balaban J connectivity index is 1.47. The van der Waals surface area contributed by atoms with Crippen molar-refractivity contribution in [3.8, 4) is 0 Å². The summed E-state index contributed by atoms with van der Waals surface area (Å²) in [6, 6.07) is 7.23. The Labute approximate surface area is 225 Å². The average Bonchev–Trinajstić information content (AvgIpc) is 3.35. The molecular formula is C28H28F2N4O4S. The van der Waals surface area contributed by atoms with Gasteiger partial charge < -0.3 is 20.1 Å². The number of sulfone groups is 1.